The van der Waals surface area contributed by atoms with Crippen LogP contribution in [0.15, 0.2) is 48.5 Å². The number of aromatic nitrogens is 2. The first-order valence-corrected chi connectivity index (χ1v) is 6.37. The topological polar surface area (TPSA) is 61.7 Å². The van der Waals surface area contributed by atoms with Crippen LogP contribution in [0.2, 0.25) is 0 Å². The highest BCUT2D eigenvalue weighted by molar-refractivity contribution is 5.83. The van der Waals surface area contributed by atoms with Gasteiger partial charge in [-0.15, -0.1) is 0 Å². The van der Waals surface area contributed by atoms with Gasteiger partial charge in [-0.1, -0.05) is 30.3 Å². The highest BCUT2D eigenvalue weighted by Crippen LogP contribution is 2.23. The second-order valence-electron chi connectivity index (χ2n) is 4.49. The van der Waals surface area contributed by atoms with E-state index in [-0.39, 0.29) is 0 Å². The number of fused-ring (bicyclic) bond motifs is 1. The van der Waals surface area contributed by atoms with Crippen molar-refractivity contribution in [3.8, 4) is 11.8 Å². The Kier molecular flexibility index (Phi) is 3.34. The lowest BCUT2D eigenvalue weighted by Crippen LogP contribution is -1.94. The molecule has 0 amide bonds. The summed E-state index contributed by atoms with van der Waals surface area (Å²) in [6, 6.07) is 17.8. The van der Waals surface area contributed by atoms with E-state index >= 15 is 0 Å². The summed E-state index contributed by atoms with van der Waals surface area (Å²) in [5.41, 5.74) is 2.80. The summed E-state index contributed by atoms with van der Waals surface area (Å²) in [6.45, 7) is 0.526. The van der Waals surface area contributed by atoms with E-state index in [0.717, 1.165) is 27.9 Å². The number of hydrogen-bond acceptors (Lipinski definition) is 3. The molecule has 3 aromatic rings. The summed E-state index contributed by atoms with van der Waals surface area (Å²) in [6.07, 6.45) is 0.318. The maximum absolute atomic E-state index is 8.79. The largest absolute Gasteiger partial charge is 0.489 e. The van der Waals surface area contributed by atoms with Gasteiger partial charge in [0.2, 0.25) is 0 Å². The van der Waals surface area contributed by atoms with Gasteiger partial charge in [-0.3, -0.25) is 5.10 Å². The Morgan fingerprint density at radius 1 is 1.15 bits per heavy atom. The molecule has 1 N–H and O–H groups in total. The molecule has 0 fully saturated rings. The predicted octanol–water partition coefficient (Wildman–Crippen LogP) is 3.21. The SMILES string of the molecule is N#CCc1[nH]nc2ccc(OCc3ccccc3)cc12. The molecule has 0 aliphatic heterocycles. The van der Waals surface area contributed by atoms with E-state index in [1.165, 1.54) is 0 Å². The van der Waals surface area contributed by atoms with Gasteiger partial charge in [0.25, 0.3) is 0 Å². The Balaban J connectivity index is 1.82. The molecule has 1 aromatic heterocycles. The second kappa shape index (κ2) is 5.45. The molecule has 4 heteroatoms. The van der Waals surface area contributed by atoms with Crippen LogP contribution in [0.4, 0.5) is 0 Å². The lowest BCUT2D eigenvalue weighted by Gasteiger charge is -2.06. The first-order valence-electron chi connectivity index (χ1n) is 6.37. The maximum atomic E-state index is 8.79. The number of nitrogens with one attached hydrogen (secondary N) is 1. The van der Waals surface area contributed by atoms with Crippen LogP contribution in [0.1, 0.15) is 11.3 Å². The summed E-state index contributed by atoms with van der Waals surface area (Å²) >= 11 is 0. The molecule has 0 aliphatic carbocycles. The maximum Gasteiger partial charge on any atom is 0.120 e. The molecule has 98 valence electrons. The van der Waals surface area contributed by atoms with Crippen molar-refractivity contribution in [3.63, 3.8) is 0 Å². The van der Waals surface area contributed by atoms with E-state index in [0.29, 0.717) is 13.0 Å². The van der Waals surface area contributed by atoms with Gasteiger partial charge in [-0.05, 0) is 23.8 Å². The van der Waals surface area contributed by atoms with Gasteiger partial charge in [0, 0.05) is 5.39 Å². The molecule has 0 saturated carbocycles. The third kappa shape index (κ3) is 2.47. The van der Waals surface area contributed by atoms with Crippen molar-refractivity contribution in [2.75, 3.05) is 0 Å². The van der Waals surface area contributed by atoms with Crippen LogP contribution in [0, 0.1) is 11.3 Å². The molecule has 2 aromatic carbocycles. The summed E-state index contributed by atoms with van der Waals surface area (Å²) in [5.74, 6) is 0.780. The monoisotopic (exact) mass is 263 g/mol. The zero-order valence-corrected chi connectivity index (χ0v) is 10.8. The van der Waals surface area contributed by atoms with E-state index in [2.05, 4.69) is 16.3 Å². The van der Waals surface area contributed by atoms with Gasteiger partial charge in [0.1, 0.15) is 12.4 Å². The van der Waals surface area contributed by atoms with E-state index in [1.54, 1.807) is 0 Å². The fourth-order valence-corrected chi connectivity index (χ4v) is 2.09. The fourth-order valence-electron chi connectivity index (χ4n) is 2.09. The van der Waals surface area contributed by atoms with Crippen molar-refractivity contribution in [1.82, 2.24) is 10.2 Å². The van der Waals surface area contributed by atoms with Crippen molar-refractivity contribution in [3.05, 3.63) is 59.8 Å². The van der Waals surface area contributed by atoms with E-state index in [1.807, 2.05) is 48.5 Å². The summed E-state index contributed by atoms with van der Waals surface area (Å²) in [4.78, 5) is 0. The number of H-pyrrole nitrogens is 1. The summed E-state index contributed by atoms with van der Waals surface area (Å²) in [7, 11) is 0. The summed E-state index contributed by atoms with van der Waals surface area (Å²) < 4.78 is 5.78. The van der Waals surface area contributed by atoms with Gasteiger partial charge in [0.15, 0.2) is 0 Å². The van der Waals surface area contributed by atoms with Crippen LogP contribution in [0.25, 0.3) is 10.9 Å². The molecule has 4 nitrogen and oxygen atoms in total. The molecular formula is C16H13N3O. The standard InChI is InChI=1S/C16H13N3O/c17-9-8-16-14-10-13(6-7-15(14)18-19-16)20-11-12-4-2-1-3-5-12/h1-7,10H,8,11H2,(H,18,19). The lowest BCUT2D eigenvalue weighted by molar-refractivity contribution is 0.306. The van der Waals surface area contributed by atoms with E-state index in [9.17, 15) is 0 Å². The Morgan fingerprint density at radius 3 is 2.80 bits per heavy atom. The molecular weight excluding hydrogens is 250 g/mol. The summed E-state index contributed by atoms with van der Waals surface area (Å²) in [5, 5.41) is 16.8. The number of hydrogen-bond donors (Lipinski definition) is 1. The third-order valence-electron chi connectivity index (χ3n) is 3.11. The number of ether oxygens (including phenoxy) is 1. The molecule has 0 unspecified atom stereocenters. The van der Waals surface area contributed by atoms with Crippen molar-refractivity contribution in [2.45, 2.75) is 13.0 Å². The molecule has 0 bridgehead atoms. The van der Waals surface area contributed by atoms with Crippen LogP contribution in [-0.2, 0) is 13.0 Å². The van der Waals surface area contributed by atoms with Crippen LogP contribution in [-0.4, -0.2) is 10.2 Å². The van der Waals surface area contributed by atoms with Crippen LogP contribution in [0.5, 0.6) is 5.75 Å². The molecule has 0 aliphatic rings. The molecule has 0 saturated heterocycles. The van der Waals surface area contributed by atoms with Crippen molar-refractivity contribution >= 4 is 10.9 Å². The first-order chi connectivity index (χ1) is 9.86. The van der Waals surface area contributed by atoms with Gasteiger partial charge in [0.05, 0.1) is 23.7 Å². The first kappa shape index (κ1) is 12.2. The lowest BCUT2D eigenvalue weighted by atomic mass is 10.1. The molecule has 0 radical (unpaired) electrons. The molecule has 0 atom stereocenters. The minimum absolute atomic E-state index is 0.318. The van der Waals surface area contributed by atoms with Gasteiger partial charge >= 0.3 is 0 Å². The van der Waals surface area contributed by atoms with Crippen molar-refractivity contribution in [1.29, 1.82) is 5.26 Å². The van der Waals surface area contributed by atoms with Gasteiger partial charge < -0.3 is 4.74 Å². The molecule has 3 rings (SSSR count). The highest BCUT2D eigenvalue weighted by Gasteiger charge is 2.06. The molecule has 0 spiro atoms. The van der Waals surface area contributed by atoms with Crippen molar-refractivity contribution < 1.29 is 4.74 Å². The normalized spacial score (nSPS) is 10.3. The Hall–Kier alpha value is -2.80. The minimum atomic E-state index is 0.318. The van der Waals surface area contributed by atoms with E-state index < -0.39 is 0 Å². The average Bonchev–Trinajstić information content (AvgIpc) is 2.89. The number of nitriles is 1. The smallest absolute Gasteiger partial charge is 0.120 e. The van der Waals surface area contributed by atoms with E-state index in [4.69, 9.17) is 10.00 Å². The Morgan fingerprint density at radius 2 is 2.00 bits per heavy atom. The Bertz CT molecular complexity index is 756. The van der Waals surface area contributed by atoms with Gasteiger partial charge in [-0.2, -0.15) is 10.4 Å². The zero-order chi connectivity index (χ0) is 13.8. The quantitative estimate of drug-likeness (QED) is 0.786. The van der Waals surface area contributed by atoms with Crippen LogP contribution < -0.4 is 4.74 Å². The zero-order valence-electron chi connectivity index (χ0n) is 10.8. The van der Waals surface area contributed by atoms with Crippen molar-refractivity contribution in [2.24, 2.45) is 0 Å². The Labute approximate surface area is 116 Å². The average molecular weight is 263 g/mol. The second-order valence-corrected chi connectivity index (χ2v) is 4.49. The third-order valence-corrected chi connectivity index (χ3v) is 3.11. The van der Waals surface area contributed by atoms with Crippen LogP contribution >= 0.6 is 0 Å². The minimum Gasteiger partial charge on any atom is -0.489 e. The number of rotatable bonds is 4. The van der Waals surface area contributed by atoms with Crippen LogP contribution in [0.3, 0.4) is 0 Å². The molecule has 1 heterocycles. The number of aromatic amines is 1. The van der Waals surface area contributed by atoms with Gasteiger partial charge in [-0.25, -0.2) is 0 Å². The number of nitrogens with zero attached hydrogens (tertiary/aromatic N) is 2. The fraction of sp³-hybridized carbons (Fsp3) is 0.125. The number of benzene rings is 2. The predicted molar refractivity (Wildman–Crippen MR) is 76.2 cm³/mol. The highest BCUT2D eigenvalue weighted by atomic mass is 16.5. The molecule has 20 heavy (non-hydrogen) atoms.